The summed E-state index contributed by atoms with van der Waals surface area (Å²) in [4.78, 5) is 19.3. The summed E-state index contributed by atoms with van der Waals surface area (Å²) >= 11 is 5.88. The number of hydrogen-bond donors (Lipinski definition) is 2. The fourth-order valence-corrected chi connectivity index (χ4v) is 3.82. The first-order valence-corrected chi connectivity index (χ1v) is 9.63. The Morgan fingerprint density at radius 3 is 2.67 bits per heavy atom. The lowest BCUT2D eigenvalue weighted by molar-refractivity contribution is 0.0858. The molecule has 2 aromatic rings. The van der Waals surface area contributed by atoms with E-state index in [9.17, 15) is 9.90 Å². The van der Waals surface area contributed by atoms with Gasteiger partial charge in [-0.05, 0) is 60.4 Å². The van der Waals surface area contributed by atoms with Gasteiger partial charge in [-0.2, -0.15) is 0 Å². The number of halogens is 1. The number of nitrogens with one attached hydrogen (secondary N) is 1. The predicted octanol–water partition coefficient (Wildman–Crippen LogP) is 3.48. The molecule has 0 aromatic heterocycles. The summed E-state index contributed by atoms with van der Waals surface area (Å²) in [5.74, 6) is -0.227. The first kappa shape index (κ1) is 18.0. The summed E-state index contributed by atoms with van der Waals surface area (Å²) in [6, 6.07) is 12.2. The Morgan fingerprint density at radius 2 is 1.93 bits per heavy atom. The number of hydrogen-bond acceptors (Lipinski definition) is 3. The number of amides is 1. The monoisotopic (exact) mass is 383 g/mol. The minimum atomic E-state index is -0.644. The number of carbonyl (C=O) groups excluding carboxylic acids is 1. The molecule has 0 spiro atoms. The van der Waals surface area contributed by atoms with Crippen molar-refractivity contribution in [3.8, 4) is 0 Å². The summed E-state index contributed by atoms with van der Waals surface area (Å²) in [5.41, 5.74) is 3.33. The predicted molar refractivity (Wildman–Crippen MR) is 107 cm³/mol. The standard InChI is InChI=1S/C21H22ClN3O2/c22-16-6-3-14(4-7-16)21(27)24-20-18-12-17(8-5-15(18)11-19(20)26)23-13-25-9-1-2-10-25/h3-8,12-13,19-20,26H,1-2,9-11H2,(H,24,27). The van der Waals surface area contributed by atoms with E-state index in [0.717, 1.165) is 29.9 Å². The Labute approximate surface area is 163 Å². The summed E-state index contributed by atoms with van der Waals surface area (Å²) < 4.78 is 0. The topological polar surface area (TPSA) is 64.9 Å². The van der Waals surface area contributed by atoms with E-state index in [1.54, 1.807) is 24.3 Å². The van der Waals surface area contributed by atoms with Gasteiger partial charge in [-0.3, -0.25) is 4.79 Å². The van der Waals surface area contributed by atoms with Crippen LogP contribution >= 0.6 is 11.6 Å². The second kappa shape index (κ2) is 7.71. The van der Waals surface area contributed by atoms with E-state index in [0.29, 0.717) is 17.0 Å². The van der Waals surface area contributed by atoms with Crippen LogP contribution in [-0.2, 0) is 6.42 Å². The third-order valence-electron chi connectivity index (χ3n) is 5.18. The van der Waals surface area contributed by atoms with Crippen LogP contribution in [-0.4, -0.2) is 41.4 Å². The minimum absolute atomic E-state index is 0.227. The van der Waals surface area contributed by atoms with E-state index in [2.05, 4.69) is 15.2 Å². The van der Waals surface area contributed by atoms with Gasteiger partial charge in [0.1, 0.15) is 0 Å². The molecule has 0 bridgehead atoms. The van der Waals surface area contributed by atoms with Crippen LogP contribution in [0, 0.1) is 0 Å². The highest BCUT2D eigenvalue weighted by Crippen LogP contribution is 2.34. The van der Waals surface area contributed by atoms with Crippen molar-refractivity contribution in [3.63, 3.8) is 0 Å². The molecule has 1 fully saturated rings. The highest BCUT2D eigenvalue weighted by atomic mass is 35.5. The SMILES string of the molecule is O=C(NC1c2cc(N=CN3CCCC3)ccc2CC1O)c1ccc(Cl)cc1. The highest BCUT2D eigenvalue weighted by Gasteiger charge is 2.32. The number of nitrogens with zero attached hydrogens (tertiary/aromatic N) is 2. The van der Waals surface area contributed by atoms with E-state index < -0.39 is 12.1 Å². The van der Waals surface area contributed by atoms with Crippen molar-refractivity contribution in [1.82, 2.24) is 10.2 Å². The molecule has 4 rings (SSSR count). The molecule has 2 unspecified atom stereocenters. The van der Waals surface area contributed by atoms with E-state index in [1.807, 2.05) is 24.5 Å². The molecule has 0 radical (unpaired) electrons. The molecule has 5 nitrogen and oxygen atoms in total. The molecule has 1 heterocycles. The smallest absolute Gasteiger partial charge is 0.251 e. The van der Waals surface area contributed by atoms with Crippen molar-refractivity contribution in [3.05, 3.63) is 64.2 Å². The Bertz CT molecular complexity index is 860. The lowest BCUT2D eigenvalue weighted by atomic mass is 10.1. The molecule has 2 aromatic carbocycles. The first-order valence-electron chi connectivity index (χ1n) is 9.26. The number of likely N-dealkylation sites (tertiary alicyclic amines) is 1. The van der Waals surface area contributed by atoms with E-state index in [4.69, 9.17) is 11.6 Å². The molecule has 1 saturated heterocycles. The first-order chi connectivity index (χ1) is 13.1. The molecule has 2 aliphatic rings. The van der Waals surface area contributed by atoms with Gasteiger partial charge in [0.25, 0.3) is 5.91 Å². The zero-order valence-electron chi connectivity index (χ0n) is 14.9. The van der Waals surface area contributed by atoms with Crippen LogP contribution < -0.4 is 5.32 Å². The number of rotatable bonds is 4. The molecule has 27 heavy (non-hydrogen) atoms. The number of carbonyl (C=O) groups is 1. The van der Waals surface area contributed by atoms with Crippen molar-refractivity contribution in [2.24, 2.45) is 4.99 Å². The Kier molecular flexibility index (Phi) is 5.14. The van der Waals surface area contributed by atoms with Gasteiger partial charge in [0.2, 0.25) is 0 Å². The molecule has 1 aliphatic heterocycles. The highest BCUT2D eigenvalue weighted by molar-refractivity contribution is 6.30. The van der Waals surface area contributed by atoms with Crippen LogP contribution in [0.15, 0.2) is 47.5 Å². The maximum atomic E-state index is 12.6. The van der Waals surface area contributed by atoms with Gasteiger partial charge < -0.3 is 15.3 Å². The summed E-state index contributed by atoms with van der Waals surface area (Å²) in [6.45, 7) is 2.10. The second-order valence-electron chi connectivity index (χ2n) is 7.10. The lowest BCUT2D eigenvalue weighted by Crippen LogP contribution is -2.33. The summed E-state index contributed by atoms with van der Waals surface area (Å²) in [7, 11) is 0. The number of benzene rings is 2. The van der Waals surface area contributed by atoms with Crippen molar-refractivity contribution < 1.29 is 9.90 Å². The van der Waals surface area contributed by atoms with Crippen molar-refractivity contribution >= 4 is 29.5 Å². The summed E-state index contributed by atoms with van der Waals surface area (Å²) in [5, 5.41) is 14.0. The van der Waals surface area contributed by atoms with Gasteiger partial charge in [-0.15, -0.1) is 0 Å². The van der Waals surface area contributed by atoms with Crippen LogP contribution in [0.2, 0.25) is 5.02 Å². The van der Waals surface area contributed by atoms with Crippen LogP contribution in [0.25, 0.3) is 0 Å². The third kappa shape index (κ3) is 3.99. The fraction of sp³-hybridized carbons (Fsp3) is 0.333. The summed E-state index contributed by atoms with van der Waals surface area (Å²) in [6.07, 6.45) is 4.19. The van der Waals surface area contributed by atoms with E-state index >= 15 is 0 Å². The van der Waals surface area contributed by atoms with Crippen molar-refractivity contribution in [2.75, 3.05) is 13.1 Å². The number of aliphatic imine (C=N–C) groups is 1. The number of aliphatic hydroxyl groups is 1. The molecular weight excluding hydrogens is 362 g/mol. The Morgan fingerprint density at radius 1 is 1.19 bits per heavy atom. The lowest BCUT2D eigenvalue weighted by Gasteiger charge is -2.18. The third-order valence-corrected chi connectivity index (χ3v) is 5.43. The average Bonchev–Trinajstić information content (AvgIpc) is 3.29. The van der Waals surface area contributed by atoms with Gasteiger partial charge in [-0.1, -0.05) is 17.7 Å². The Hall–Kier alpha value is -2.37. The molecule has 1 amide bonds. The van der Waals surface area contributed by atoms with E-state index in [1.165, 1.54) is 12.8 Å². The molecule has 1 aliphatic carbocycles. The molecule has 2 N–H and O–H groups in total. The largest absolute Gasteiger partial charge is 0.390 e. The van der Waals surface area contributed by atoms with E-state index in [-0.39, 0.29) is 5.91 Å². The zero-order chi connectivity index (χ0) is 18.8. The van der Waals surface area contributed by atoms with Gasteiger partial charge in [-0.25, -0.2) is 4.99 Å². The quantitative estimate of drug-likeness (QED) is 0.627. The molecule has 6 heteroatoms. The maximum absolute atomic E-state index is 12.6. The van der Waals surface area contributed by atoms with Crippen LogP contribution in [0.1, 0.15) is 40.4 Å². The number of aliphatic hydroxyl groups excluding tert-OH is 1. The second-order valence-corrected chi connectivity index (χ2v) is 7.54. The molecule has 0 saturated carbocycles. The fourth-order valence-electron chi connectivity index (χ4n) is 3.69. The Balaban J connectivity index is 1.52. The van der Waals surface area contributed by atoms with Crippen molar-refractivity contribution in [2.45, 2.75) is 31.4 Å². The normalized spacial score (nSPS) is 21.6. The van der Waals surface area contributed by atoms with Gasteiger partial charge in [0.15, 0.2) is 0 Å². The minimum Gasteiger partial charge on any atom is -0.390 e. The zero-order valence-corrected chi connectivity index (χ0v) is 15.7. The maximum Gasteiger partial charge on any atom is 0.251 e. The van der Waals surface area contributed by atoms with Crippen LogP contribution in [0.5, 0.6) is 0 Å². The molecule has 2 atom stereocenters. The van der Waals surface area contributed by atoms with Crippen molar-refractivity contribution in [1.29, 1.82) is 0 Å². The molecular formula is C21H22ClN3O2. The van der Waals surface area contributed by atoms with Crippen LogP contribution in [0.4, 0.5) is 5.69 Å². The van der Waals surface area contributed by atoms with Crippen LogP contribution in [0.3, 0.4) is 0 Å². The van der Waals surface area contributed by atoms with Gasteiger partial charge >= 0.3 is 0 Å². The average molecular weight is 384 g/mol. The van der Waals surface area contributed by atoms with Gasteiger partial charge in [0, 0.05) is 30.1 Å². The number of fused-ring (bicyclic) bond motifs is 1. The van der Waals surface area contributed by atoms with Gasteiger partial charge in [0.05, 0.1) is 24.2 Å². The molecule has 140 valence electrons.